The molecule has 1 saturated heterocycles. The Kier molecular flexibility index (Phi) is 6.15. The van der Waals surface area contributed by atoms with Crippen LogP contribution in [0.4, 0.5) is 15.2 Å². The minimum Gasteiger partial charge on any atom is -0.386 e. The van der Waals surface area contributed by atoms with E-state index in [9.17, 15) is 19.1 Å². The van der Waals surface area contributed by atoms with E-state index in [-0.39, 0.29) is 23.1 Å². The summed E-state index contributed by atoms with van der Waals surface area (Å²) >= 11 is 1.15. The molecule has 3 aromatic rings. The van der Waals surface area contributed by atoms with Crippen LogP contribution in [0.5, 0.6) is 0 Å². The van der Waals surface area contributed by atoms with Crippen LogP contribution in [0.15, 0.2) is 42.6 Å². The van der Waals surface area contributed by atoms with Gasteiger partial charge in [-0.15, -0.1) is 11.3 Å². The molecule has 2 amide bonds. The number of primary amides is 1. The zero-order valence-electron chi connectivity index (χ0n) is 18.0. The second-order valence-corrected chi connectivity index (χ2v) is 9.29. The van der Waals surface area contributed by atoms with E-state index in [1.807, 2.05) is 0 Å². The third-order valence-electron chi connectivity index (χ3n) is 5.18. The molecule has 0 radical (unpaired) electrons. The number of halogens is 1. The van der Waals surface area contributed by atoms with E-state index in [1.165, 1.54) is 18.3 Å². The summed E-state index contributed by atoms with van der Waals surface area (Å²) in [6, 6.07) is 9.20. The van der Waals surface area contributed by atoms with Crippen LogP contribution in [0.3, 0.4) is 0 Å². The van der Waals surface area contributed by atoms with Gasteiger partial charge in [-0.3, -0.25) is 9.59 Å². The van der Waals surface area contributed by atoms with E-state index in [0.717, 1.165) is 11.3 Å². The molecule has 1 fully saturated rings. The van der Waals surface area contributed by atoms with E-state index < -0.39 is 17.3 Å². The first-order valence-corrected chi connectivity index (χ1v) is 11.0. The molecular formula is C23H23FN4O4S. The van der Waals surface area contributed by atoms with Crippen LogP contribution in [0, 0.1) is 5.82 Å². The maximum absolute atomic E-state index is 14.8. The van der Waals surface area contributed by atoms with Crippen molar-refractivity contribution in [3.05, 3.63) is 65.1 Å². The standard InChI is InChI=1S/C23H23FN4O4S/c1-23(2,31)13-4-5-15(17(24)7-13)18-8-16(20(25)29)22(33-18)28-19-6-3-12(9-26-19)21(30)27-14-10-32-11-14/h3-9,14,31H,10-11H2,1-2H3,(H2,25,29)(H,26,28)(H,27,30). The number of rotatable bonds is 7. The number of thiophene rings is 1. The monoisotopic (exact) mass is 470 g/mol. The molecule has 3 heterocycles. The molecular weight excluding hydrogens is 447 g/mol. The fraction of sp³-hybridized carbons (Fsp3) is 0.261. The summed E-state index contributed by atoms with van der Waals surface area (Å²) in [6.45, 7) is 4.14. The number of benzene rings is 1. The van der Waals surface area contributed by atoms with E-state index in [2.05, 4.69) is 15.6 Å². The van der Waals surface area contributed by atoms with Gasteiger partial charge >= 0.3 is 0 Å². The van der Waals surface area contributed by atoms with E-state index in [0.29, 0.717) is 40.0 Å². The predicted molar refractivity (Wildman–Crippen MR) is 123 cm³/mol. The van der Waals surface area contributed by atoms with Crippen molar-refractivity contribution in [1.29, 1.82) is 0 Å². The number of aliphatic hydroxyl groups is 1. The van der Waals surface area contributed by atoms with Crippen molar-refractivity contribution in [3.8, 4) is 10.4 Å². The normalized spacial score (nSPS) is 13.9. The van der Waals surface area contributed by atoms with Crippen molar-refractivity contribution in [2.45, 2.75) is 25.5 Å². The predicted octanol–water partition coefficient (Wildman–Crippen LogP) is 3.15. The fourth-order valence-electron chi connectivity index (χ4n) is 3.20. The molecule has 1 aliphatic rings. The Morgan fingerprint density at radius 3 is 2.55 bits per heavy atom. The number of carbonyl (C=O) groups is 2. The average molecular weight is 471 g/mol. The summed E-state index contributed by atoms with van der Waals surface area (Å²) in [5.74, 6) is -1.05. The first kappa shape index (κ1) is 22.8. The number of carbonyl (C=O) groups excluding carboxylic acids is 2. The fourth-order valence-corrected chi connectivity index (χ4v) is 4.30. The summed E-state index contributed by atoms with van der Waals surface area (Å²) < 4.78 is 19.8. The lowest BCUT2D eigenvalue weighted by Crippen LogP contribution is -2.48. The minimum absolute atomic E-state index is 0.0101. The van der Waals surface area contributed by atoms with Gasteiger partial charge in [-0.25, -0.2) is 9.37 Å². The smallest absolute Gasteiger partial charge is 0.253 e. The largest absolute Gasteiger partial charge is 0.386 e. The van der Waals surface area contributed by atoms with Crippen LogP contribution in [0.25, 0.3) is 10.4 Å². The number of ether oxygens (including phenoxy) is 1. The summed E-state index contributed by atoms with van der Waals surface area (Å²) in [5.41, 5.74) is 5.64. The Labute approximate surface area is 193 Å². The molecule has 0 bridgehead atoms. The molecule has 0 saturated carbocycles. The molecule has 2 aromatic heterocycles. The van der Waals surface area contributed by atoms with Gasteiger partial charge in [0.2, 0.25) is 0 Å². The number of amides is 2. The topological polar surface area (TPSA) is 127 Å². The van der Waals surface area contributed by atoms with Gasteiger partial charge in [0, 0.05) is 16.6 Å². The first-order chi connectivity index (χ1) is 15.6. The molecule has 5 N–H and O–H groups in total. The quantitative estimate of drug-likeness (QED) is 0.420. The van der Waals surface area contributed by atoms with Crippen LogP contribution in [-0.4, -0.2) is 41.2 Å². The third kappa shape index (κ3) is 5.03. The van der Waals surface area contributed by atoms with Crippen molar-refractivity contribution >= 4 is 34.0 Å². The van der Waals surface area contributed by atoms with Crippen LogP contribution in [-0.2, 0) is 10.3 Å². The van der Waals surface area contributed by atoms with Crippen molar-refractivity contribution in [2.24, 2.45) is 5.73 Å². The molecule has 33 heavy (non-hydrogen) atoms. The Balaban J connectivity index is 1.56. The number of anilines is 2. The number of pyridine rings is 1. The van der Waals surface area contributed by atoms with Crippen molar-refractivity contribution < 1.29 is 23.8 Å². The lowest BCUT2D eigenvalue weighted by molar-refractivity contribution is -0.00346. The van der Waals surface area contributed by atoms with Crippen LogP contribution in [0.2, 0.25) is 0 Å². The summed E-state index contributed by atoms with van der Waals surface area (Å²) in [6.07, 6.45) is 1.42. The Morgan fingerprint density at radius 1 is 1.24 bits per heavy atom. The Morgan fingerprint density at radius 2 is 2.00 bits per heavy atom. The lowest BCUT2D eigenvalue weighted by Gasteiger charge is -2.26. The average Bonchev–Trinajstić information content (AvgIpc) is 3.14. The molecule has 0 aliphatic carbocycles. The van der Waals surface area contributed by atoms with Crippen molar-refractivity contribution in [2.75, 3.05) is 18.5 Å². The van der Waals surface area contributed by atoms with Gasteiger partial charge < -0.3 is 26.2 Å². The van der Waals surface area contributed by atoms with Crippen LogP contribution >= 0.6 is 11.3 Å². The summed E-state index contributed by atoms with van der Waals surface area (Å²) in [4.78, 5) is 28.9. The Bertz CT molecular complexity index is 1200. The van der Waals surface area contributed by atoms with Gasteiger partial charge in [0.05, 0.1) is 36.0 Å². The van der Waals surface area contributed by atoms with Gasteiger partial charge in [-0.2, -0.15) is 0 Å². The lowest BCUT2D eigenvalue weighted by atomic mass is 9.96. The van der Waals surface area contributed by atoms with Gasteiger partial charge in [-0.1, -0.05) is 12.1 Å². The number of nitrogens with two attached hydrogens (primary N) is 1. The van der Waals surface area contributed by atoms with Gasteiger partial charge in [-0.05, 0) is 43.7 Å². The Hall–Kier alpha value is -3.34. The minimum atomic E-state index is -1.18. The van der Waals surface area contributed by atoms with Crippen LogP contribution < -0.4 is 16.4 Å². The SMILES string of the molecule is CC(C)(O)c1ccc(-c2cc(C(N)=O)c(Nc3ccc(C(=O)NC4COC4)cn3)s2)c(F)c1. The number of aromatic nitrogens is 1. The highest BCUT2D eigenvalue weighted by Crippen LogP contribution is 2.38. The number of nitrogens with zero attached hydrogens (tertiary/aromatic N) is 1. The highest BCUT2D eigenvalue weighted by molar-refractivity contribution is 7.19. The van der Waals surface area contributed by atoms with E-state index >= 15 is 0 Å². The molecule has 8 nitrogen and oxygen atoms in total. The van der Waals surface area contributed by atoms with Crippen LogP contribution in [0.1, 0.15) is 40.1 Å². The molecule has 1 aromatic carbocycles. The second kappa shape index (κ2) is 8.89. The molecule has 10 heteroatoms. The van der Waals surface area contributed by atoms with E-state index in [1.54, 1.807) is 38.1 Å². The summed E-state index contributed by atoms with van der Waals surface area (Å²) in [5, 5.41) is 16.4. The molecule has 0 atom stereocenters. The zero-order valence-corrected chi connectivity index (χ0v) is 18.8. The number of nitrogens with one attached hydrogen (secondary N) is 2. The molecule has 0 spiro atoms. The summed E-state index contributed by atoms with van der Waals surface area (Å²) in [7, 11) is 0. The molecule has 1 aliphatic heterocycles. The van der Waals surface area contributed by atoms with Gasteiger partial charge in [0.1, 0.15) is 16.6 Å². The van der Waals surface area contributed by atoms with Crippen molar-refractivity contribution in [1.82, 2.24) is 10.3 Å². The third-order valence-corrected chi connectivity index (χ3v) is 6.26. The molecule has 172 valence electrons. The second-order valence-electron chi connectivity index (χ2n) is 8.24. The number of hydrogen-bond donors (Lipinski definition) is 4. The molecule has 4 rings (SSSR count). The number of hydrogen-bond acceptors (Lipinski definition) is 7. The highest BCUT2D eigenvalue weighted by atomic mass is 32.1. The van der Waals surface area contributed by atoms with Crippen molar-refractivity contribution in [3.63, 3.8) is 0 Å². The van der Waals surface area contributed by atoms with E-state index in [4.69, 9.17) is 10.5 Å². The highest BCUT2D eigenvalue weighted by Gasteiger charge is 2.22. The molecule has 0 unspecified atom stereocenters. The first-order valence-electron chi connectivity index (χ1n) is 10.2. The maximum atomic E-state index is 14.8. The maximum Gasteiger partial charge on any atom is 0.253 e. The van der Waals surface area contributed by atoms with Gasteiger partial charge in [0.15, 0.2) is 0 Å². The zero-order chi connectivity index (χ0) is 23.8. The van der Waals surface area contributed by atoms with Gasteiger partial charge in [0.25, 0.3) is 11.8 Å².